The Morgan fingerprint density at radius 2 is 2.30 bits per heavy atom. The van der Waals surface area contributed by atoms with Crippen LogP contribution in [0.1, 0.15) is 21.5 Å². The SMILES string of the molecule is Cc1cc(C(=O)N2CCNC(=O)C2)ccc1C#CCO. The molecule has 0 aliphatic carbocycles. The second-order valence-corrected chi connectivity index (χ2v) is 4.57. The van der Waals surface area contributed by atoms with Crippen LogP contribution < -0.4 is 5.32 Å². The van der Waals surface area contributed by atoms with Gasteiger partial charge in [0.05, 0.1) is 6.54 Å². The van der Waals surface area contributed by atoms with Gasteiger partial charge < -0.3 is 15.3 Å². The molecule has 0 atom stereocenters. The number of carbonyl (C=O) groups excluding carboxylic acids is 2. The van der Waals surface area contributed by atoms with E-state index in [1.54, 1.807) is 18.2 Å². The minimum atomic E-state index is -0.191. The summed E-state index contributed by atoms with van der Waals surface area (Å²) in [5.41, 5.74) is 2.21. The van der Waals surface area contributed by atoms with Crippen molar-refractivity contribution in [2.75, 3.05) is 26.2 Å². The van der Waals surface area contributed by atoms with Crippen LogP contribution in [0.2, 0.25) is 0 Å². The lowest BCUT2D eigenvalue weighted by atomic mass is 10.0. The molecule has 0 saturated carbocycles. The molecule has 104 valence electrons. The topological polar surface area (TPSA) is 69.6 Å². The number of rotatable bonds is 1. The molecule has 2 rings (SSSR count). The Balaban J connectivity index is 2.18. The van der Waals surface area contributed by atoms with Crippen molar-refractivity contribution in [2.45, 2.75) is 6.92 Å². The van der Waals surface area contributed by atoms with E-state index in [0.717, 1.165) is 11.1 Å². The fourth-order valence-corrected chi connectivity index (χ4v) is 2.07. The Morgan fingerprint density at radius 3 is 2.95 bits per heavy atom. The van der Waals surface area contributed by atoms with Crippen molar-refractivity contribution >= 4 is 11.8 Å². The molecule has 2 amide bonds. The average Bonchev–Trinajstić information content (AvgIpc) is 2.45. The van der Waals surface area contributed by atoms with E-state index in [2.05, 4.69) is 17.2 Å². The van der Waals surface area contributed by atoms with Crippen molar-refractivity contribution in [3.63, 3.8) is 0 Å². The molecule has 0 aromatic heterocycles. The maximum atomic E-state index is 12.3. The van der Waals surface area contributed by atoms with E-state index >= 15 is 0 Å². The molecule has 1 saturated heterocycles. The van der Waals surface area contributed by atoms with Gasteiger partial charge in [-0.15, -0.1) is 0 Å². The lowest BCUT2D eigenvalue weighted by Crippen LogP contribution is -2.49. The minimum absolute atomic E-state index is 0.101. The van der Waals surface area contributed by atoms with Crippen LogP contribution in [0.4, 0.5) is 0 Å². The summed E-state index contributed by atoms with van der Waals surface area (Å²) in [7, 11) is 0. The summed E-state index contributed by atoms with van der Waals surface area (Å²) >= 11 is 0. The third-order valence-corrected chi connectivity index (χ3v) is 3.10. The summed E-state index contributed by atoms with van der Waals surface area (Å²) in [4.78, 5) is 25.1. The van der Waals surface area contributed by atoms with Gasteiger partial charge in [-0.1, -0.05) is 11.8 Å². The maximum absolute atomic E-state index is 12.3. The quantitative estimate of drug-likeness (QED) is 0.702. The minimum Gasteiger partial charge on any atom is -0.384 e. The van der Waals surface area contributed by atoms with Crippen molar-refractivity contribution in [1.29, 1.82) is 0 Å². The van der Waals surface area contributed by atoms with Crippen LogP contribution in [0, 0.1) is 18.8 Å². The van der Waals surface area contributed by atoms with Gasteiger partial charge in [0, 0.05) is 24.2 Å². The van der Waals surface area contributed by atoms with E-state index in [4.69, 9.17) is 5.11 Å². The molecular formula is C15H16N2O3. The summed E-state index contributed by atoms with van der Waals surface area (Å²) in [5.74, 6) is 5.13. The Bertz CT molecular complexity index is 599. The number of benzene rings is 1. The number of amides is 2. The normalized spacial score (nSPS) is 14.3. The van der Waals surface area contributed by atoms with Gasteiger partial charge >= 0.3 is 0 Å². The number of nitrogens with zero attached hydrogens (tertiary/aromatic N) is 1. The van der Waals surface area contributed by atoms with E-state index in [1.807, 2.05) is 6.92 Å². The van der Waals surface area contributed by atoms with Gasteiger partial charge in [-0.25, -0.2) is 0 Å². The third-order valence-electron chi connectivity index (χ3n) is 3.10. The number of aliphatic hydroxyl groups excluding tert-OH is 1. The Kier molecular flexibility index (Phi) is 4.38. The molecule has 0 radical (unpaired) electrons. The molecule has 1 fully saturated rings. The lowest BCUT2D eigenvalue weighted by Gasteiger charge is -2.26. The van der Waals surface area contributed by atoms with Crippen LogP contribution in [-0.4, -0.2) is 48.1 Å². The molecule has 0 spiro atoms. The molecule has 1 aliphatic rings. The molecule has 0 bridgehead atoms. The monoisotopic (exact) mass is 272 g/mol. The van der Waals surface area contributed by atoms with Crippen LogP contribution in [0.25, 0.3) is 0 Å². The van der Waals surface area contributed by atoms with E-state index in [1.165, 1.54) is 4.90 Å². The molecule has 2 N–H and O–H groups in total. The fraction of sp³-hybridized carbons (Fsp3) is 0.333. The molecular weight excluding hydrogens is 256 g/mol. The number of aliphatic hydroxyl groups is 1. The Hall–Kier alpha value is -2.32. The predicted molar refractivity (Wildman–Crippen MR) is 74.1 cm³/mol. The molecule has 5 nitrogen and oxygen atoms in total. The lowest BCUT2D eigenvalue weighted by molar-refractivity contribution is -0.123. The second-order valence-electron chi connectivity index (χ2n) is 4.57. The first-order valence-electron chi connectivity index (χ1n) is 6.38. The number of hydrogen-bond acceptors (Lipinski definition) is 3. The van der Waals surface area contributed by atoms with Crippen molar-refractivity contribution in [3.8, 4) is 11.8 Å². The van der Waals surface area contributed by atoms with Crippen LogP contribution >= 0.6 is 0 Å². The zero-order valence-electron chi connectivity index (χ0n) is 11.3. The summed E-state index contributed by atoms with van der Waals surface area (Å²) in [6.45, 7) is 2.79. The number of piperazine rings is 1. The van der Waals surface area contributed by atoms with Gasteiger partial charge in [-0.2, -0.15) is 0 Å². The van der Waals surface area contributed by atoms with Crippen molar-refractivity contribution in [1.82, 2.24) is 10.2 Å². The molecule has 1 aliphatic heterocycles. The number of hydrogen-bond donors (Lipinski definition) is 2. The van der Waals surface area contributed by atoms with Crippen molar-refractivity contribution < 1.29 is 14.7 Å². The van der Waals surface area contributed by atoms with Crippen LogP contribution in [-0.2, 0) is 4.79 Å². The average molecular weight is 272 g/mol. The molecule has 1 aromatic rings. The van der Waals surface area contributed by atoms with E-state index in [-0.39, 0.29) is 25.0 Å². The maximum Gasteiger partial charge on any atom is 0.254 e. The van der Waals surface area contributed by atoms with Crippen LogP contribution in [0.15, 0.2) is 18.2 Å². The third kappa shape index (κ3) is 3.16. The molecule has 1 aromatic carbocycles. The van der Waals surface area contributed by atoms with E-state index in [0.29, 0.717) is 18.7 Å². The van der Waals surface area contributed by atoms with Gasteiger partial charge in [0.2, 0.25) is 5.91 Å². The smallest absolute Gasteiger partial charge is 0.254 e. The highest BCUT2D eigenvalue weighted by Gasteiger charge is 2.22. The number of carbonyl (C=O) groups is 2. The molecule has 0 unspecified atom stereocenters. The van der Waals surface area contributed by atoms with E-state index < -0.39 is 0 Å². The summed E-state index contributed by atoms with van der Waals surface area (Å²) in [6, 6.07) is 5.22. The number of nitrogens with one attached hydrogen (secondary N) is 1. The molecule has 20 heavy (non-hydrogen) atoms. The first-order valence-corrected chi connectivity index (χ1v) is 6.38. The zero-order valence-corrected chi connectivity index (χ0v) is 11.3. The largest absolute Gasteiger partial charge is 0.384 e. The zero-order chi connectivity index (χ0) is 14.5. The highest BCUT2D eigenvalue weighted by molar-refractivity contribution is 5.97. The van der Waals surface area contributed by atoms with Crippen LogP contribution in [0.3, 0.4) is 0 Å². The van der Waals surface area contributed by atoms with Crippen molar-refractivity contribution in [2.24, 2.45) is 0 Å². The van der Waals surface area contributed by atoms with Gasteiger partial charge in [0.25, 0.3) is 5.91 Å². The second kappa shape index (κ2) is 6.22. The summed E-state index contributed by atoms with van der Waals surface area (Å²) in [6.07, 6.45) is 0. The summed E-state index contributed by atoms with van der Waals surface area (Å²) in [5, 5.41) is 11.4. The standard InChI is InChI=1S/C15H16N2O3/c1-11-9-13(5-4-12(11)3-2-8-18)15(20)17-7-6-16-14(19)10-17/h4-5,9,18H,6-8,10H2,1H3,(H,16,19). The highest BCUT2D eigenvalue weighted by atomic mass is 16.2. The first kappa shape index (κ1) is 14.1. The van der Waals surface area contributed by atoms with Gasteiger partial charge in [0.15, 0.2) is 0 Å². The van der Waals surface area contributed by atoms with Gasteiger partial charge in [0.1, 0.15) is 6.61 Å². The fourth-order valence-electron chi connectivity index (χ4n) is 2.07. The van der Waals surface area contributed by atoms with Crippen LogP contribution in [0.5, 0.6) is 0 Å². The Labute approximate surface area is 117 Å². The molecule has 1 heterocycles. The summed E-state index contributed by atoms with van der Waals surface area (Å²) < 4.78 is 0. The van der Waals surface area contributed by atoms with Gasteiger partial charge in [-0.3, -0.25) is 9.59 Å². The molecule has 5 heteroatoms. The highest BCUT2D eigenvalue weighted by Crippen LogP contribution is 2.13. The Morgan fingerprint density at radius 1 is 1.50 bits per heavy atom. The number of aryl methyl sites for hydroxylation is 1. The van der Waals surface area contributed by atoms with E-state index in [9.17, 15) is 9.59 Å². The predicted octanol–water partition coefficient (Wildman–Crippen LogP) is -0.0892. The van der Waals surface area contributed by atoms with Crippen molar-refractivity contribution in [3.05, 3.63) is 34.9 Å². The first-order chi connectivity index (χ1) is 9.61. The van der Waals surface area contributed by atoms with Gasteiger partial charge in [-0.05, 0) is 30.7 Å².